The number of amides is 1. The van der Waals surface area contributed by atoms with E-state index >= 15 is 0 Å². The topological polar surface area (TPSA) is 55.4 Å². The lowest BCUT2D eigenvalue weighted by atomic mass is 10.2. The Labute approximate surface area is 144 Å². The van der Waals surface area contributed by atoms with E-state index in [2.05, 4.69) is 5.32 Å². The molecule has 0 aliphatic carbocycles. The molecule has 2 rings (SSSR count). The molecule has 0 aliphatic rings. The van der Waals surface area contributed by atoms with Crippen molar-refractivity contribution >= 4 is 45.1 Å². The molecular formula is C17H21NO3S2. The highest BCUT2D eigenvalue weighted by atomic mass is 32.2. The van der Waals surface area contributed by atoms with E-state index in [9.17, 15) is 9.59 Å². The van der Waals surface area contributed by atoms with E-state index in [0.29, 0.717) is 11.3 Å². The van der Waals surface area contributed by atoms with Gasteiger partial charge in [0.05, 0.1) is 11.0 Å². The van der Waals surface area contributed by atoms with Gasteiger partial charge in [0.25, 0.3) is 5.91 Å². The molecule has 4 nitrogen and oxygen atoms in total. The highest BCUT2D eigenvalue weighted by Gasteiger charge is 2.24. The summed E-state index contributed by atoms with van der Waals surface area (Å²) < 4.78 is 6.30. The lowest BCUT2D eigenvalue weighted by Gasteiger charge is -2.18. The van der Waals surface area contributed by atoms with Crippen molar-refractivity contribution in [2.75, 3.05) is 12.0 Å². The molecule has 1 atom stereocenters. The van der Waals surface area contributed by atoms with Crippen LogP contribution in [0.2, 0.25) is 0 Å². The molecule has 0 saturated heterocycles. The molecule has 1 aromatic carbocycles. The summed E-state index contributed by atoms with van der Waals surface area (Å²) in [4.78, 5) is 25.2. The smallest absolute Gasteiger partial charge is 0.328 e. The zero-order valence-electron chi connectivity index (χ0n) is 13.5. The Morgan fingerprint density at radius 2 is 2.04 bits per heavy atom. The first-order valence-corrected chi connectivity index (χ1v) is 9.71. The molecule has 1 N–H and O–H groups in total. The molecule has 0 radical (unpaired) electrons. The van der Waals surface area contributed by atoms with Crippen molar-refractivity contribution in [2.45, 2.75) is 32.4 Å². The normalized spacial score (nSPS) is 12.3. The minimum absolute atomic E-state index is 0.194. The molecule has 0 saturated carbocycles. The first-order valence-electron chi connectivity index (χ1n) is 7.50. The summed E-state index contributed by atoms with van der Waals surface area (Å²) >= 11 is 3.06. The summed E-state index contributed by atoms with van der Waals surface area (Å²) in [6.07, 6.45) is 2.34. The molecule has 0 fully saturated rings. The molecule has 0 bridgehead atoms. The number of thioether (sulfide) groups is 1. The van der Waals surface area contributed by atoms with E-state index in [4.69, 9.17) is 4.74 Å². The van der Waals surface area contributed by atoms with Gasteiger partial charge in [-0.1, -0.05) is 18.2 Å². The van der Waals surface area contributed by atoms with Crippen LogP contribution in [0.1, 0.15) is 29.9 Å². The van der Waals surface area contributed by atoms with E-state index in [1.54, 1.807) is 25.6 Å². The number of carbonyl (C=O) groups excluding carboxylic acids is 2. The van der Waals surface area contributed by atoms with Gasteiger partial charge in [-0.25, -0.2) is 4.79 Å². The van der Waals surface area contributed by atoms with Crippen molar-refractivity contribution in [3.05, 3.63) is 35.2 Å². The third-order valence-electron chi connectivity index (χ3n) is 3.20. The summed E-state index contributed by atoms with van der Waals surface area (Å²) in [6.45, 7) is 3.61. The average Bonchev–Trinajstić information content (AvgIpc) is 2.94. The minimum Gasteiger partial charge on any atom is -0.461 e. The summed E-state index contributed by atoms with van der Waals surface area (Å²) in [5, 5.41) is 3.85. The quantitative estimate of drug-likeness (QED) is 0.773. The molecule has 6 heteroatoms. The number of ether oxygens (including phenoxy) is 1. The molecular weight excluding hydrogens is 330 g/mol. The number of thiophene rings is 1. The Morgan fingerprint density at radius 3 is 2.70 bits per heavy atom. The summed E-state index contributed by atoms with van der Waals surface area (Å²) in [5.74, 6) is 0.186. The van der Waals surface area contributed by atoms with E-state index < -0.39 is 6.04 Å². The van der Waals surface area contributed by atoms with Gasteiger partial charge in [-0.15, -0.1) is 11.3 Å². The van der Waals surface area contributed by atoms with Crippen molar-refractivity contribution in [3.8, 4) is 0 Å². The monoisotopic (exact) mass is 351 g/mol. The number of fused-ring (bicyclic) bond motifs is 1. The van der Waals surface area contributed by atoms with Crippen LogP contribution in [0.3, 0.4) is 0 Å². The maximum atomic E-state index is 12.5. The number of esters is 1. The number of carbonyl (C=O) groups is 2. The molecule has 1 unspecified atom stereocenters. The van der Waals surface area contributed by atoms with Crippen LogP contribution in [0.15, 0.2) is 30.3 Å². The maximum absolute atomic E-state index is 12.5. The van der Waals surface area contributed by atoms with Gasteiger partial charge in [0.2, 0.25) is 0 Å². The fraction of sp³-hybridized carbons (Fsp3) is 0.412. The van der Waals surface area contributed by atoms with Crippen LogP contribution >= 0.6 is 23.1 Å². The Kier molecular flexibility index (Phi) is 6.47. The van der Waals surface area contributed by atoms with Crippen molar-refractivity contribution in [2.24, 2.45) is 0 Å². The molecule has 1 heterocycles. The van der Waals surface area contributed by atoms with E-state index in [1.165, 1.54) is 11.3 Å². The molecule has 1 aromatic heterocycles. The SMILES string of the molecule is CSCCC(NC(=O)c1cc2ccccc2s1)C(=O)OC(C)C. The van der Waals surface area contributed by atoms with Gasteiger partial charge in [-0.2, -0.15) is 11.8 Å². The zero-order valence-corrected chi connectivity index (χ0v) is 15.1. The van der Waals surface area contributed by atoms with Gasteiger partial charge in [-0.3, -0.25) is 4.79 Å². The highest BCUT2D eigenvalue weighted by Crippen LogP contribution is 2.25. The second-order valence-corrected chi connectivity index (χ2v) is 7.51. The van der Waals surface area contributed by atoms with Gasteiger partial charge in [0.15, 0.2) is 0 Å². The molecule has 0 spiro atoms. The van der Waals surface area contributed by atoms with Crippen molar-refractivity contribution in [3.63, 3.8) is 0 Å². The van der Waals surface area contributed by atoms with E-state index in [0.717, 1.165) is 15.8 Å². The van der Waals surface area contributed by atoms with Crippen LogP contribution < -0.4 is 5.32 Å². The summed E-state index contributed by atoms with van der Waals surface area (Å²) in [7, 11) is 0. The Morgan fingerprint density at radius 1 is 1.30 bits per heavy atom. The van der Waals surface area contributed by atoms with Crippen molar-refractivity contribution in [1.82, 2.24) is 5.32 Å². The minimum atomic E-state index is -0.609. The second-order valence-electron chi connectivity index (χ2n) is 5.44. The number of benzene rings is 1. The number of rotatable bonds is 7. The average molecular weight is 351 g/mol. The lowest BCUT2D eigenvalue weighted by Crippen LogP contribution is -2.42. The fourth-order valence-corrected chi connectivity index (χ4v) is 3.56. The fourth-order valence-electron chi connectivity index (χ4n) is 2.12. The third-order valence-corrected chi connectivity index (χ3v) is 4.96. The first-order chi connectivity index (χ1) is 11.0. The van der Waals surface area contributed by atoms with Crippen LogP contribution in [0.4, 0.5) is 0 Å². The standard InChI is InChI=1S/C17H21NO3S2/c1-11(2)21-17(20)13(8-9-22-3)18-16(19)15-10-12-6-4-5-7-14(12)23-15/h4-7,10-11,13H,8-9H2,1-3H3,(H,18,19). The summed E-state index contributed by atoms with van der Waals surface area (Å²) in [6, 6.07) is 9.09. The van der Waals surface area contributed by atoms with Gasteiger partial charge < -0.3 is 10.1 Å². The Balaban J connectivity index is 2.10. The van der Waals surface area contributed by atoms with Crippen LogP contribution in [0.25, 0.3) is 10.1 Å². The predicted octanol–water partition coefficient (Wildman–Crippen LogP) is 3.70. The third kappa shape index (κ3) is 4.97. The highest BCUT2D eigenvalue weighted by molar-refractivity contribution is 7.98. The van der Waals surface area contributed by atoms with Gasteiger partial charge >= 0.3 is 5.97 Å². The molecule has 124 valence electrons. The largest absolute Gasteiger partial charge is 0.461 e. The number of hydrogen-bond acceptors (Lipinski definition) is 5. The van der Waals surface area contributed by atoms with E-state index in [-0.39, 0.29) is 18.0 Å². The Bertz CT molecular complexity index is 648. The Hall–Kier alpha value is -1.53. The van der Waals surface area contributed by atoms with Gasteiger partial charge in [0, 0.05) is 4.70 Å². The number of nitrogens with one attached hydrogen (secondary N) is 1. The molecule has 1 amide bonds. The maximum Gasteiger partial charge on any atom is 0.328 e. The van der Waals surface area contributed by atoms with Crippen LogP contribution in [-0.2, 0) is 9.53 Å². The molecule has 23 heavy (non-hydrogen) atoms. The van der Waals surface area contributed by atoms with E-state index in [1.807, 2.05) is 36.6 Å². The number of hydrogen-bond donors (Lipinski definition) is 1. The van der Waals surface area contributed by atoms with Crippen LogP contribution in [-0.4, -0.2) is 36.0 Å². The van der Waals surface area contributed by atoms with Crippen LogP contribution in [0, 0.1) is 0 Å². The predicted molar refractivity (Wildman–Crippen MR) is 97.3 cm³/mol. The van der Waals surface area contributed by atoms with Gasteiger partial charge in [0.1, 0.15) is 6.04 Å². The van der Waals surface area contributed by atoms with Crippen LogP contribution in [0.5, 0.6) is 0 Å². The van der Waals surface area contributed by atoms with Gasteiger partial charge in [-0.05, 0) is 49.8 Å². The zero-order chi connectivity index (χ0) is 16.8. The summed E-state index contributed by atoms with van der Waals surface area (Å²) in [5.41, 5.74) is 0. The van der Waals surface area contributed by atoms with Crippen molar-refractivity contribution in [1.29, 1.82) is 0 Å². The second kappa shape index (κ2) is 8.36. The molecule has 0 aliphatic heterocycles. The van der Waals surface area contributed by atoms with Crippen molar-refractivity contribution < 1.29 is 14.3 Å². The lowest BCUT2D eigenvalue weighted by molar-refractivity contribution is -0.149. The first kappa shape index (κ1) is 17.8. The molecule has 2 aromatic rings.